The Labute approximate surface area is 50.1 Å². The van der Waals surface area contributed by atoms with Crippen molar-refractivity contribution in [2.75, 3.05) is 0 Å². The van der Waals surface area contributed by atoms with E-state index in [0.717, 1.165) is 12.1 Å². The lowest BCUT2D eigenvalue weighted by molar-refractivity contribution is 1.06. The molecule has 2 heteroatoms. The molecule has 0 bridgehead atoms. The van der Waals surface area contributed by atoms with E-state index in [0.29, 0.717) is 0 Å². The van der Waals surface area contributed by atoms with Crippen molar-refractivity contribution in [3.63, 3.8) is 0 Å². The maximum Gasteiger partial charge on any atom is 0.0856 e. The van der Waals surface area contributed by atoms with Crippen molar-refractivity contribution in [2.24, 2.45) is 10.7 Å². The Morgan fingerprint density at radius 3 is 2.50 bits per heavy atom. The Morgan fingerprint density at radius 2 is 2.38 bits per heavy atom. The molecule has 0 aromatic carbocycles. The van der Waals surface area contributed by atoms with E-state index in [1.165, 1.54) is 6.34 Å². The predicted molar refractivity (Wildman–Crippen MR) is 36.7 cm³/mol. The lowest BCUT2D eigenvalue weighted by atomic mass is 10.3. The van der Waals surface area contributed by atoms with E-state index in [9.17, 15) is 0 Å². The van der Waals surface area contributed by atoms with Crippen molar-refractivity contribution in [2.45, 2.75) is 20.3 Å². The van der Waals surface area contributed by atoms with Gasteiger partial charge in [0.25, 0.3) is 0 Å². The zero-order chi connectivity index (χ0) is 6.41. The normalized spacial score (nSPS) is 13.0. The van der Waals surface area contributed by atoms with Gasteiger partial charge in [-0.25, -0.2) is 4.99 Å². The summed E-state index contributed by atoms with van der Waals surface area (Å²) in [6.45, 7) is 3.99. The number of hydrogen-bond acceptors (Lipinski definition) is 1. The molecule has 0 spiro atoms. The van der Waals surface area contributed by atoms with Gasteiger partial charge in [-0.1, -0.05) is 13.0 Å². The molecule has 2 N–H and O–H groups in total. The molecule has 8 heavy (non-hydrogen) atoms. The summed E-state index contributed by atoms with van der Waals surface area (Å²) in [6.07, 6.45) is 4.21. The lowest BCUT2D eigenvalue weighted by Gasteiger charge is -1.89. The van der Waals surface area contributed by atoms with Gasteiger partial charge >= 0.3 is 0 Å². The third kappa shape index (κ3) is 2.39. The number of hydrogen-bond donors (Lipinski definition) is 1. The van der Waals surface area contributed by atoms with E-state index in [1.807, 2.05) is 19.9 Å². The van der Waals surface area contributed by atoms with Gasteiger partial charge in [0.05, 0.1) is 6.34 Å². The minimum absolute atomic E-state index is 0.949. The summed E-state index contributed by atoms with van der Waals surface area (Å²) in [4.78, 5) is 3.88. The van der Waals surface area contributed by atoms with Crippen LogP contribution in [0.4, 0.5) is 0 Å². The molecule has 0 atom stereocenters. The first kappa shape index (κ1) is 7.21. The van der Waals surface area contributed by atoms with E-state index in [4.69, 9.17) is 5.73 Å². The molecule has 0 aliphatic carbocycles. The van der Waals surface area contributed by atoms with E-state index >= 15 is 0 Å². The third-order valence-corrected chi connectivity index (χ3v) is 0.936. The van der Waals surface area contributed by atoms with Gasteiger partial charge in [-0.2, -0.15) is 0 Å². The van der Waals surface area contributed by atoms with Gasteiger partial charge < -0.3 is 5.73 Å². The van der Waals surface area contributed by atoms with Crippen LogP contribution in [0.1, 0.15) is 20.3 Å². The van der Waals surface area contributed by atoms with Crippen LogP contribution in [0.25, 0.3) is 0 Å². The van der Waals surface area contributed by atoms with Crippen molar-refractivity contribution in [3.8, 4) is 0 Å². The van der Waals surface area contributed by atoms with Gasteiger partial charge in [-0.05, 0) is 13.3 Å². The topological polar surface area (TPSA) is 38.4 Å². The number of nitrogens with zero attached hydrogens (tertiary/aromatic N) is 1. The highest BCUT2D eigenvalue weighted by molar-refractivity contribution is 5.53. The van der Waals surface area contributed by atoms with Gasteiger partial charge in [0, 0.05) is 5.70 Å². The molecular formula is C6H12N2. The Morgan fingerprint density at radius 1 is 1.75 bits per heavy atom. The summed E-state index contributed by atoms with van der Waals surface area (Å²) in [6, 6.07) is 0. The summed E-state index contributed by atoms with van der Waals surface area (Å²) in [5, 5.41) is 0. The summed E-state index contributed by atoms with van der Waals surface area (Å²) in [5.41, 5.74) is 6.08. The number of aliphatic imine (C=N–C) groups is 1. The molecule has 0 saturated carbocycles. The highest BCUT2D eigenvalue weighted by atomic mass is 14.8. The van der Waals surface area contributed by atoms with Crippen molar-refractivity contribution < 1.29 is 0 Å². The predicted octanol–water partition coefficient (Wildman–Crippen LogP) is 1.29. The number of nitrogens with two attached hydrogens (primary N) is 1. The molecule has 0 aliphatic rings. The Kier molecular flexibility index (Phi) is 3.94. The Hall–Kier alpha value is -0.790. The molecule has 0 radical (unpaired) electrons. The molecule has 0 heterocycles. The van der Waals surface area contributed by atoms with Crippen LogP contribution in [0.5, 0.6) is 0 Å². The van der Waals surface area contributed by atoms with Crippen molar-refractivity contribution >= 4 is 6.34 Å². The SMILES string of the molecule is C/C=C(CC)\N=C/N. The molecule has 0 unspecified atom stereocenters. The first-order valence-electron chi connectivity index (χ1n) is 2.74. The van der Waals surface area contributed by atoms with E-state index in [2.05, 4.69) is 4.99 Å². The van der Waals surface area contributed by atoms with Gasteiger partial charge in [-0.15, -0.1) is 0 Å². The maximum atomic E-state index is 5.05. The molecule has 2 nitrogen and oxygen atoms in total. The highest BCUT2D eigenvalue weighted by Crippen LogP contribution is 1.98. The van der Waals surface area contributed by atoms with Crippen LogP contribution in [0.3, 0.4) is 0 Å². The average Bonchev–Trinajstić information content (AvgIpc) is 1.83. The Balaban J connectivity index is 3.72. The molecule has 46 valence electrons. The molecular weight excluding hydrogens is 100 g/mol. The molecule has 0 amide bonds. The standard InChI is InChI=1S/C6H12N2/c1-3-6(4-2)8-5-7/h3,5H,4H2,1-2H3,(H2,7,8)/b6-3-. The Bertz CT molecular complexity index is 100. The second-order valence-electron chi connectivity index (χ2n) is 1.41. The fourth-order valence-corrected chi connectivity index (χ4v) is 0.466. The third-order valence-electron chi connectivity index (χ3n) is 0.936. The van der Waals surface area contributed by atoms with E-state index in [1.54, 1.807) is 0 Å². The summed E-state index contributed by atoms with van der Waals surface area (Å²) in [7, 11) is 0. The van der Waals surface area contributed by atoms with Crippen LogP contribution < -0.4 is 5.73 Å². The minimum Gasteiger partial charge on any atom is -0.390 e. The molecule has 0 aromatic rings. The zero-order valence-corrected chi connectivity index (χ0v) is 5.39. The monoisotopic (exact) mass is 112 g/mol. The molecule has 0 saturated heterocycles. The lowest BCUT2D eigenvalue weighted by Crippen LogP contribution is -1.88. The quantitative estimate of drug-likeness (QED) is 0.424. The summed E-state index contributed by atoms with van der Waals surface area (Å²) in [5.74, 6) is 0. The van der Waals surface area contributed by atoms with Crippen LogP contribution >= 0.6 is 0 Å². The second kappa shape index (κ2) is 4.37. The fraction of sp³-hybridized carbons (Fsp3) is 0.500. The maximum absolute atomic E-state index is 5.05. The minimum atomic E-state index is 0.949. The number of rotatable bonds is 2. The van der Waals surface area contributed by atoms with Crippen LogP contribution in [-0.4, -0.2) is 6.34 Å². The molecule has 0 aliphatic heterocycles. The van der Waals surface area contributed by atoms with E-state index in [-0.39, 0.29) is 0 Å². The van der Waals surface area contributed by atoms with Crippen LogP contribution in [-0.2, 0) is 0 Å². The summed E-state index contributed by atoms with van der Waals surface area (Å²) >= 11 is 0. The molecule has 0 fully saturated rings. The zero-order valence-electron chi connectivity index (χ0n) is 5.39. The van der Waals surface area contributed by atoms with Crippen molar-refractivity contribution in [1.82, 2.24) is 0 Å². The van der Waals surface area contributed by atoms with Crippen molar-refractivity contribution in [1.29, 1.82) is 0 Å². The fourth-order valence-electron chi connectivity index (χ4n) is 0.466. The van der Waals surface area contributed by atoms with Crippen LogP contribution in [0.15, 0.2) is 16.8 Å². The van der Waals surface area contributed by atoms with Gasteiger partial charge in [0.2, 0.25) is 0 Å². The first-order valence-corrected chi connectivity index (χ1v) is 2.74. The highest BCUT2D eigenvalue weighted by Gasteiger charge is 1.81. The molecule has 0 aromatic heterocycles. The van der Waals surface area contributed by atoms with Crippen molar-refractivity contribution in [3.05, 3.63) is 11.8 Å². The smallest absolute Gasteiger partial charge is 0.0856 e. The van der Waals surface area contributed by atoms with Crippen LogP contribution in [0.2, 0.25) is 0 Å². The second-order valence-corrected chi connectivity index (χ2v) is 1.41. The van der Waals surface area contributed by atoms with Gasteiger partial charge in [-0.3, -0.25) is 0 Å². The average molecular weight is 112 g/mol. The number of allylic oxidation sites excluding steroid dienone is 2. The molecule has 0 rings (SSSR count). The largest absolute Gasteiger partial charge is 0.390 e. The first-order chi connectivity index (χ1) is 3.85. The van der Waals surface area contributed by atoms with Gasteiger partial charge in [0.1, 0.15) is 0 Å². The van der Waals surface area contributed by atoms with E-state index < -0.39 is 0 Å². The van der Waals surface area contributed by atoms with Crippen LogP contribution in [0, 0.1) is 0 Å². The summed E-state index contributed by atoms with van der Waals surface area (Å²) < 4.78 is 0. The van der Waals surface area contributed by atoms with Gasteiger partial charge in [0.15, 0.2) is 0 Å².